The zero-order valence-electron chi connectivity index (χ0n) is 19.4. The number of hydrogen-bond donors (Lipinski definition) is 0. The third kappa shape index (κ3) is 4.89. The lowest BCUT2D eigenvalue weighted by atomic mass is 9.78. The summed E-state index contributed by atoms with van der Waals surface area (Å²) in [6, 6.07) is 31.9. The fraction of sp³-hybridized carbons (Fsp3) is 0.367. The number of likely N-dealkylation sites (tertiary alicyclic amines) is 1. The minimum absolute atomic E-state index is 0.111. The van der Waals surface area contributed by atoms with Crippen molar-refractivity contribution in [3.05, 3.63) is 102 Å². The highest BCUT2D eigenvalue weighted by Gasteiger charge is 2.36. The van der Waals surface area contributed by atoms with Crippen molar-refractivity contribution >= 4 is 11.6 Å². The Morgan fingerprint density at radius 1 is 0.697 bits per heavy atom. The molecule has 1 aliphatic heterocycles. The average Bonchev–Trinajstić information content (AvgIpc) is 2.91. The number of rotatable bonds is 5. The van der Waals surface area contributed by atoms with Crippen LogP contribution in [0.4, 0.5) is 5.69 Å². The molecule has 2 unspecified atom stereocenters. The third-order valence-electron chi connectivity index (χ3n) is 7.56. The normalized spacial score (nSPS) is 22.1. The van der Waals surface area contributed by atoms with E-state index in [1.165, 1.54) is 31.2 Å². The van der Waals surface area contributed by atoms with Gasteiger partial charge in [0, 0.05) is 36.4 Å². The minimum atomic E-state index is 0.111. The van der Waals surface area contributed by atoms with Gasteiger partial charge in [-0.1, -0.05) is 79.6 Å². The molecule has 3 aromatic carbocycles. The van der Waals surface area contributed by atoms with E-state index < -0.39 is 0 Å². The minimum Gasteiger partial charge on any atom is -0.305 e. The SMILES string of the molecule is O=C(c1ccccc1)N(c1ccccc1)C1CCN(C2CCCCC2c2ccccc2)CC1. The van der Waals surface area contributed by atoms with Crippen LogP contribution in [-0.4, -0.2) is 36.0 Å². The molecule has 0 N–H and O–H groups in total. The number of anilines is 1. The molecule has 3 heteroatoms. The molecule has 33 heavy (non-hydrogen) atoms. The number of carbonyl (C=O) groups excluding carboxylic acids is 1. The van der Waals surface area contributed by atoms with Crippen LogP contribution in [0, 0.1) is 0 Å². The predicted molar refractivity (Wildman–Crippen MR) is 136 cm³/mol. The van der Waals surface area contributed by atoms with Crippen molar-refractivity contribution < 1.29 is 4.79 Å². The summed E-state index contributed by atoms with van der Waals surface area (Å²) in [6.45, 7) is 2.12. The molecule has 0 spiro atoms. The van der Waals surface area contributed by atoms with Crippen molar-refractivity contribution in [2.24, 2.45) is 0 Å². The highest BCUT2D eigenvalue weighted by atomic mass is 16.2. The Balaban J connectivity index is 1.33. The van der Waals surface area contributed by atoms with Gasteiger partial charge in [0.25, 0.3) is 5.91 Å². The van der Waals surface area contributed by atoms with E-state index >= 15 is 0 Å². The van der Waals surface area contributed by atoms with Crippen LogP contribution < -0.4 is 4.90 Å². The van der Waals surface area contributed by atoms with Gasteiger partial charge < -0.3 is 4.90 Å². The van der Waals surface area contributed by atoms with Crippen molar-refractivity contribution in [1.29, 1.82) is 0 Å². The second-order valence-electron chi connectivity index (χ2n) is 9.51. The van der Waals surface area contributed by atoms with Gasteiger partial charge in [0.2, 0.25) is 0 Å². The molecule has 1 saturated heterocycles. The van der Waals surface area contributed by atoms with E-state index in [9.17, 15) is 4.79 Å². The molecule has 2 aliphatic rings. The maximum Gasteiger partial charge on any atom is 0.258 e. The van der Waals surface area contributed by atoms with Gasteiger partial charge in [0.05, 0.1) is 0 Å². The molecule has 1 amide bonds. The van der Waals surface area contributed by atoms with Crippen LogP contribution in [-0.2, 0) is 0 Å². The molecule has 5 rings (SSSR count). The van der Waals surface area contributed by atoms with Crippen molar-refractivity contribution in [2.75, 3.05) is 18.0 Å². The van der Waals surface area contributed by atoms with Crippen molar-refractivity contribution in [3.63, 3.8) is 0 Å². The fourth-order valence-electron chi connectivity index (χ4n) is 5.92. The summed E-state index contributed by atoms with van der Waals surface area (Å²) in [5, 5.41) is 0. The lowest BCUT2D eigenvalue weighted by Gasteiger charge is -2.45. The van der Waals surface area contributed by atoms with Crippen LogP contribution in [0.2, 0.25) is 0 Å². The predicted octanol–water partition coefficient (Wildman–Crippen LogP) is 6.52. The van der Waals surface area contributed by atoms with Gasteiger partial charge in [0.15, 0.2) is 0 Å². The van der Waals surface area contributed by atoms with Gasteiger partial charge in [-0.3, -0.25) is 9.69 Å². The summed E-state index contributed by atoms with van der Waals surface area (Å²) in [7, 11) is 0. The van der Waals surface area contributed by atoms with E-state index in [2.05, 4.69) is 52.3 Å². The van der Waals surface area contributed by atoms with Gasteiger partial charge in [0.1, 0.15) is 0 Å². The molecule has 2 atom stereocenters. The first-order valence-electron chi connectivity index (χ1n) is 12.5. The second-order valence-corrected chi connectivity index (χ2v) is 9.51. The number of para-hydroxylation sites is 1. The summed E-state index contributed by atoms with van der Waals surface area (Å²) in [4.78, 5) is 18.4. The Labute approximate surface area is 198 Å². The van der Waals surface area contributed by atoms with E-state index in [0.29, 0.717) is 12.0 Å². The van der Waals surface area contributed by atoms with E-state index in [1.54, 1.807) is 0 Å². The molecule has 3 nitrogen and oxygen atoms in total. The number of nitrogens with zero attached hydrogens (tertiary/aromatic N) is 2. The molecule has 3 aromatic rings. The Morgan fingerprint density at radius 2 is 1.27 bits per heavy atom. The van der Waals surface area contributed by atoms with Crippen LogP contribution in [0.1, 0.15) is 60.4 Å². The largest absolute Gasteiger partial charge is 0.305 e. The lowest BCUT2D eigenvalue weighted by Crippen LogP contribution is -2.51. The zero-order valence-corrected chi connectivity index (χ0v) is 19.4. The maximum absolute atomic E-state index is 13.6. The summed E-state index contributed by atoms with van der Waals surface area (Å²) < 4.78 is 0. The average molecular weight is 439 g/mol. The number of hydrogen-bond acceptors (Lipinski definition) is 2. The van der Waals surface area contributed by atoms with Crippen LogP contribution >= 0.6 is 0 Å². The summed E-state index contributed by atoms with van der Waals surface area (Å²) >= 11 is 0. The topological polar surface area (TPSA) is 23.6 Å². The van der Waals surface area contributed by atoms with E-state index in [-0.39, 0.29) is 11.9 Å². The summed E-state index contributed by atoms with van der Waals surface area (Å²) in [5.74, 6) is 0.743. The van der Waals surface area contributed by atoms with E-state index in [1.807, 2.05) is 48.5 Å². The first-order valence-corrected chi connectivity index (χ1v) is 12.5. The number of carbonyl (C=O) groups is 1. The van der Waals surface area contributed by atoms with Crippen LogP contribution in [0.15, 0.2) is 91.0 Å². The monoisotopic (exact) mass is 438 g/mol. The molecule has 1 aliphatic carbocycles. The Kier molecular flexibility index (Phi) is 6.87. The fourth-order valence-corrected chi connectivity index (χ4v) is 5.92. The molecule has 170 valence electrons. The molecule has 0 radical (unpaired) electrons. The summed E-state index contributed by atoms with van der Waals surface area (Å²) in [6.07, 6.45) is 7.28. The van der Waals surface area contributed by atoms with Crippen LogP contribution in [0.5, 0.6) is 0 Å². The number of amides is 1. The van der Waals surface area contributed by atoms with Gasteiger partial charge in [-0.15, -0.1) is 0 Å². The lowest BCUT2D eigenvalue weighted by molar-refractivity contribution is 0.0895. The van der Waals surface area contributed by atoms with Gasteiger partial charge in [-0.25, -0.2) is 0 Å². The molecule has 1 heterocycles. The van der Waals surface area contributed by atoms with Crippen molar-refractivity contribution in [1.82, 2.24) is 4.90 Å². The Bertz CT molecular complexity index is 1010. The highest BCUT2D eigenvalue weighted by molar-refractivity contribution is 6.06. The number of piperidine rings is 1. The summed E-state index contributed by atoms with van der Waals surface area (Å²) in [5.41, 5.74) is 3.26. The first-order chi connectivity index (χ1) is 16.3. The molecule has 0 bridgehead atoms. The quantitative estimate of drug-likeness (QED) is 0.452. The molecule has 0 aromatic heterocycles. The Hall–Kier alpha value is -2.91. The molecule has 2 fully saturated rings. The van der Waals surface area contributed by atoms with Crippen LogP contribution in [0.25, 0.3) is 0 Å². The molecular weight excluding hydrogens is 404 g/mol. The van der Waals surface area contributed by atoms with E-state index in [0.717, 1.165) is 37.2 Å². The number of benzene rings is 3. The van der Waals surface area contributed by atoms with Gasteiger partial charge >= 0.3 is 0 Å². The molecular formula is C30H34N2O. The third-order valence-corrected chi connectivity index (χ3v) is 7.56. The molecule has 1 saturated carbocycles. The van der Waals surface area contributed by atoms with Gasteiger partial charge in [-0.05, 0) is 61.4 Å². The standard InChI is InChI=1S/C30H34N2O/c33-30(25-14-6-2-7-15-25)32(26-16-8-3-9-17-26)27-20-22-31(23-21-27)29-19-11-10-18-28(29)24-12-4-1-5-13-24/h1-9,12-17,27-29H,10-11,18-23H2. The smallest absolute Gasteiger partial charge is 0.258 e. The van der Waals surface area contributed by atoms with Gasteiger partial charge in [-0.2, -0.15) is 0 Å². The Morgan fingerprint density at radius 3 is 1.94 bits per heavy atom. The van der Waals surface area contributed by atoms with E-state index in [4.69, 9.17) is 0 Å². The highest BCUT2D eigenvalue weighted by Crippen LogP contribution is 2.38. The first kappa shape index (κ1) is 21.9. The van der Waals surface area contributed by atoms with Crippen molar-refractivity contribution in [2.45, 2.75) is 56.5 Å². The maximum atomic E-state index is 13.6. The van der Waals surface area contributed by atoms with Crippen molar-refractivity contribution in [3.8, 4) is 0 Å². The zero-order chi connectivity index (χ0) is 22.5. The van der Waals surface area contributed by atoms with Crippen LogP contribution in [0.3, 0.4) is 0 Å². The second kappa shape index (κ2) is 10.4.